The van der Waals surface area contributed by atoms with Crippen LogP contribution in [-0.4, -0.2) is 37.2 Å². The van der Waals surface area contributed by atoms with E-state index in [1.54, 1.807) is 0 Å². The van der Waals surface area contributed by atoms with Gasteiger partial charge >= 0.3 is 17.9 Å². The summed E-state index contributed by atoms with van der Waals surface area (Å²) < 4.78 is 16.8. The first-order chi connectivity index (χ1) is 32.5. The Kier molecular flexibility index (Phi) is 51.9. The minimum Gasteiger partial charge on any atom is -0.462 e. The van der Waals surface area contributed by atoms with Gasteiger partial charge in [-0.1, -0.05) is 254 Å². The molecule has 0 bridgehead atoms. The molecule has 0 amide bonds. The fourth-order valence-corrected chi connectivity index (χ4v) is 7.81. The Balaban J connectivity index is 4.44. The van der Waals surface area contributed by atoms with Gasteiger partial charge in [0.1, 0.15) is 13.2 Å². The van der Waals surface area contributed by atoms with Gasteiger partial charge in [-0.05, 0) is 70.6 Å². The lowest BCUT2D eigenvalue weighted by molar-refractivity contribution is -0.167. The van der Waals surface area contributed by atoms with Crippen LogP contribution in [0.2, 0.25) is 0 Å². The largest absolute Gasteiger partial charge is 0.462 e. The van der Waals surface area contributed by atoms with E-state index in [-0.39, 0.29) is 37.5 Å². The molecule has 0 heterocycles. The van der Waals surface area contributed by atoms with Crippen molar-refractivity contribution in [3.05, 3.63) is 72.9 Å². The van der Waals surface area contributed by atoms with E-state index >= 15 is 0 Å². The molecule has 6 nitrogen and oxygen atoms in total. The maximum Gasteiger partial charge on any atom is 0.306 e. The standard InChI is InChI=1S/C60H104O6/c1-4-7-10-13-16-19-22-25-27-29-31-32-35-38-41-44-47-50-53-59(62)65-56-57(55-64-58(61)52-49-46-43-40-37-34-24-21-18-15-12-9-6-3)66-60(63)54-51-48-45-42-39-36-33-30-28-26-23-20-17-14-11-8-5-2/h9,12,15,18,21,24,26,28,33,36,42,45,57H,4-8,10-11,13-14,16-17,19-20,22-23,25,27,29-32,34-35,37-41,43-44,46-56H2,1-3H3/b12-9-,18-15-,24-21-,28-26-,36-33-,45-42-. The van der Waals surface area contributed by atoms with E-state index in [0.29, 0.717) is 19.3 Å². The van der Waals surface area contributed by atoms with Crippen LogP contribution < -0.4 is 0 Å². The van der Waals surface area contributed by atoms with Crippen molar-refractivity contribution in [3.8, 4) is 0 Å². The Morgan fingerprint density at radius 1 is 0.333 bits per heavy atom. The van der Waals surface area contributed by atoms with E-state index in [4.69, 9.17) is 14.2 Å². The van der Waals surface area contributed by atoms with Crippen LogP contribution in [0.25, 0.3) is 0 Å². The highest BCUT2D eigenvalue weighted by Gasteiger charge is 2.19. The van der Waals surface area contributed by atoms with Gasteiger partial charge in [0, 0.05) is 19.3 Å². The normalized spacial score (nSPS) is 12.6. The Labute approximate surface area is 408 Å². The minimum atomic E-state index is -0.809. The fraction of sp³-hybridized carbons (Fsp3) is 0.750. The highest BCUT2D eigenvalue weighted by molar-refractivity contribution is 5.71. The van der Waals surface area contributed by atoms with Crippen LogP contribution in [0.3, 0.4) is 0 Å². The number of hydrogen-bond donors (Lipinski definition) is 0. The molecule has 0 aromatic carbocycles. The molecule has 1 atom stereocenters. The van der Waals surface area contributed by atoms with Crippen LogP contribution in [0.1, 0.15) is 271 Å². The molecule has 0 rings (SSSR count). The number of hydrogen-bond acceptors (Lipinski definition) is 6. The summed E-state index contributed by atoms with van der Waals surface area (Å²) in [6.07, 6.45) is 69.0. The monoisotopic (exact) mass is 921 g/mol. The van der Waals surface area contributed by atoms with Crippen LogP contribution in [0, 0.1) is 0 Å². The number of carbonyl (C=O) groups is 3. The minimum absolute atomic E-state index is 0.100. The molecule has 0 N–H and O–H groups in total. The topological polar surface area (TPSA) is 78.9 Å². The molecule has 0 aliphatic rings. The highest BCUT2D eigenvalue weighted by atomic mass is 16.6. The fourth-order valence-electron chi connectivity index (χ4n) is 7.81. The molecule has 0 fully saturated rings. The van der Waals surface area contributed by atoms with Crippen molar-refractivity contribution in [2.75, 3.05) is 13.2 Å². The quantitative estimate of drug-likeness (QED) is 0.0199. The lowest BCUT2D eigenvalue weighted by atomic mass is 10.0. The lowest BCUT2D eigenvalue weighted by Crippen LogP contribution is -2.30. The van der Waals surface area contributed by atoms with Gasteiger partial charge in [0.05, 0.1) is 0 Å². The molecule has 0 saturated carbocycles. The number of esters is 3. The number of carbonyl (C=O) groups excluding carboxylic acids is 3. The van der Waals surface area contributed by atoms with Crippen LogP contribution in [0.5, 0.6) is 0 Å². The van der Waals surface area contributed by atoms with E-state index in [2.05, 4.69) is 93.7 Å². The maximum atomic E-state index is 12.8. The van der Waals surface area contributed by atoms with Crippen molar-refractivity contribution >= 4 is 17.9 Å². The zero-order valence-electron chi connectivity index (χ0n) is 43.4. The number of allylic oxidation sites excluding steroid dienone is 12. The third-order valence-corrected chi connectivity index (χ3v) is 12.0. The van der Waals surface area contributed by atoms with E-state index in [9.17, 15) is 14.4 Å². The van der Waals surface area contributed by atoms with E-state index in [0.717, 1.165) is 83.5 Å². The molecule has 1 unspecified atom stereocenters. The van der Waals surface area contributed by atoms with Crippen molar-refractivity contribution < 1.29 is 28.6 Å². The summed E-state index contributed by atoms with van der Waals surface area (Å²) in [5, 5.41) is 0. The summed E-state index contributed by atoms with van der Waals surface area (Å²) in [6.45, 7) is 6.46. The second-order valence-corrected chi connectivity index (χ2v) is 18.5. The summed E-state index contributed by atoms with van der Waals surface area (Å²) >= 11 is 0. The van der Waals surface area contributed by atoms with Gasteiger partial charge in [-0.3, -0.25) is 14.4 Å². The van der Waals surface area contributed by atoms with Gasteiger partial charge in [-0.25, -0.2) is 0 Å². The summed E-state index contributed by atoms with van der Waals surface area (Å²) in [4.78, 5) is 38.1. The van der Waals surface area contributed by atoms with Crippen molar-refractivity contribution in [3.63, 3.8) is 0 Å². The van der Waals surface area contributed by atoms with E-state index < -0.39 is 6.10 Å². The summed E-state index contributed by atoms with van der Waals surface area (Å²) in [6, 6.07) is 0. The lowest BCUT2D eigenvalue weighted by Gasteiger charge is -2.18. The summed E-state index contributed by atoms with van der Waals surface area (Å²) in [5.74, 6) is -0.967. The van der Waals surface area contributed by atoms with Crippen molar-refractivity contribution in [1.82, 2.24) is 0 Å². The summed E-state index contributed by atoms with van der Waals surface area (Å²) in [7, 11) is 0. The van der Waals surface area contributed by atoms with E-state index in [1.807, 2.05) is 0 Å². The Bertz CT molecular complexity index is 1240. The molecular formula is C60H104O6. The number of ether oxygens (including phenoxy) is 3. The van der Waals surface area contributed by atoms with Crippen molar-refractivity contribution in [1.29, 1.82) is 0 Å². The average Bonchev–Trinajstić information content (AvgIpc) is 3.31. The summed E-state index contributed by atoms with van der Waals surface area (Å²) in [5.41, 5.74) is 0. The van der Waals surface area contributed by atoms with Crippen LogP contribution in [-0.2, 0) is 28.6 Å². The smallest absolute Gasteiger partial charge is 0.306 e. The first-order valence-electron chi connectivity index (χ1n) is 28.0. The third kappa shape index (κ3) is 51.8. The van der Waals surface area contributed by atoms with Gasteiger partial charge in [0.15, 0.2) is 6.10 Å². The molecule has 0 radical (unpaired) electrons. The molecule has 0 aliphatic heterocycles. The Morgan fingerprint density at radius 3 is 1.09 bits per heavy atom. The SMILES string of the molecule is CC\C=C/C=C\C=C/CCCCCCCC(=O)OCC(COC(=O)CCCCCCCCCCCCCCCCCCCC)OC(=O)CCC/C=C\C/C=C\C/C=C\CCCCCCCC. The zero-order valence-corrected chi connectivity index (χ0v) is 43.4. The van der Waals surface area contributed by atoms with Gasteiger partial charge in [-0.15, -0.1) is 0 Å². The Morgan fingerprint density at radius 2 is 0.667 bits per heavy atom. The van der Waals surface area contributed by atoms with Gasteiger partial charge in [-0.2, -0.15) is 0 Å². The number of unbranched alkanes of at least 4 members (excludes halogenated alkanes) is 29. The third-order valence-electron chi connectivity index (χ3n) is 12.0. The molecule has 0 aliphatic carbocycles. The molecule has 6 heteroatoms. The van der Waals surface area contributed by atoms with Crippen molar-refractivity contribution in [2.45, 2.75) is 277 Å². The molecule has 0 aromatic rings. The van der Waals surface area contributed by atoms with Gasteiger partial charge in [0.25, 0.3) is 0 Å². The van der Waals surface area contributed by atoms with Gasteiger partial charge in [0.2, 0.25) is 0 Å². The van der Waals surface area contributed by atoms with E-state index in [1.165, 1.54) is 141 Å². The van der Waals surface area contributed by atoms with Crippen molar-refractivity contribution in [2.24, 2.45) is 0 Å². The highest BCUT2D eigenvalue weighted by Crippen LogP contribution is 2.16. The van der Waals surface area contributed by atoms with Crippen LogP contribution in [0.4, 0.5) is 0 Å². The first kappa shape index (κ1) is 62.8. The number of rotatable bonds is 50. The first-order valence-corrected chi connectivity index (χ1v) is 28.0. The Hall–Kier alpha value is -3.15. The van der Waals surface area contributed by atoms with Gasteiger partial charge < -0.3 is 14.2 Å². The second-order valence-electron chi connectivity index (χ2n) is 18.5. The second kappa shape index (κ2) is 54.5. The van der Waals surface area contributed by atoms with Crippen LogP contribution >= 0.6 is 0 Å². The predicted molar refractivity (Wildman–Crippen MR) is 284 cm³/mol. The average molecular weight is 921 g/mol. The molecule has 0 saturated heterocycles. The van der Waals surface area contributed by atoms with Crippen LogP contribution in [0.15, 0.2) is 72.9 Å². The molecule has 66 heavy (non-hydrogen) atoms. The maximum absolute atomic E-state index is 12.8. The molecule has 0 aromatic heterocycles. The molecule has 0 spiro atoms. The molecular weight excluding hydrogens is 817 g/mol. The zero-order chi connectivity index (χ0) is 47.9. The molecule has 380 valence electrons. The predicted octanol–water partition coefficient (Wildman–Crippen LogP) is 18.6.